The van der Waals surface area contributed by atoms with Crippen LogP contribution >= 0.6 is 0 Å². The largest absolute Gasteiger partial charge is 0.390 e. The molecule has 0 radical (unpaired) electrons. The number of hydrogen-bond donors (Lipinski definition) is 1. The molecular weight excluding hydrogens is 367 g/mol. The summed E-state index contributed by atoms with van der Waals surface area (Å²) in [5.41, 5.74) is 5.44. The van der Waals surface area contributed by atoms with E-state index in [2.05, 4.69) is 16.2 Å². The van der Waals surface area contributed by atoms with Gasteiger partial charge in [-0.15, -0.1) is 6.42 Å². The number of nitrogens with zero attached hydrogens (tertiary/aromatic N) is 2. The summed E-state index contributed by atoms with van der Waals surface area (Å²) in [6, 6.07) is 7.61. The number of imidazole rings is 1. The molecule has 146 valence electrons. The third-order valence-corrected chi connectivity index (χ3v) is 4.43. The summed E-state index contributed by atoms with van der Waals surface area (Å²) in [4.78, 5) is 4.40. The second-order valence-electron chi connectivity index (χ2n) is 6.49. The van der Waals surface area contributed by atoms with E-state index >= 15 is 0 Å². The third kappa shape index (κ3) is 4.29. The Hall–Kier alpha value is -2.98. The van der Waals surface area contributed by atoms with E-state index in [1.807, 2.05) is 25.1 Å². The molecule has 0 atom stereocenters. The molecule has 2 heterocycles. The minimum atomic E-state index is -4.23. The molecule has 0 saturated carbocycles. The lowest BCUT2D eigenvalue weighted by molar-refractivity contribution is -0.131. The lowest BCUT2D eigenvalue weighted by atomic mass is 10.0. The molecule has 0 aliphatic heterocycles. The summed E-state index contributed by atoms with van der Waals surface area (Å²) < 4.78 is 44.4. The number of rotatable bonds is 6. The number of alkyl halides is 3. The summed E-state index contributed by atoms with van der Waals surface area (Å²) in [7, 11) is 1.65. The normalized spacial score (nSPS) is 11.6. The predicted octanol–water partition coefficient (Wildman–Crippen LogP) is 4.80. The fourth-order valence-electron chi connectivity index (χ4n) is 3.02. The SMILES string of the molecule is C#Cc1cc(NCCC(F)(F)F)c2ncc(-c3ccc(COC)c(C)c3)n2c1. The van der Waals surface area contributed by atoms with E-state index in [0.29, 0.717) is 23.5 Å². The van der Waals surface area contributed by atoms with Gasteiger partial charge in [0.1, 0.15) is 0 Å². The minimum absolute atomic E-state index is 0.250. The highest BCUT2D eigenvalue weighted by Crippen LogP contribution is 2.28. The molecule has 2 aromatic heterocycles. The molecule has 1 aromatic carbocycles. The van der Waals surface area contributed by atoms with E-state index in [9.17, 15) is 13.2 Å². The molecule has 0 spiro atoms. The van der Waals surface area contributed by atoms with Crippen molar-refractivity contribution in [2.24, 2.45) is 0 Å². The number of methoxy groups -OCH3 is 1. The Morgan fingerprint density at radius 3 is 2.71 bits per heavy atom. The first-order valence-corrected chi connectivity index (χ1v) is 8.69. The number of halogens is 3. The number of aromatic nitrogens is 2. The van der Waals surface area contributed by atoms with Crippen molar-refractivity contribution >= 4 is 11.3 Å². The molecule has 7 heteroatoms. The first-order chi connectivity index (χ1) is 13.3. The smallest absolute Gasteiger partial charge is 0.382 e. The number of ether oxygens (including phenoxy) is 1. The van der Waals surface area contributed by atoms with Gasteiger partial charge in [-0.25, -0.2) is 4.98 Å². The summed E-state index contributed by atoms with van der Waals surface area (Å²) in [5.74, 6) is 2.54. The first kappa shape index (κ1) is 19.8. The number of benzene rings is 1. The van der Waals surface area contributed by atoms with Gasteiger partial charge in [-0.3, -0.25) is 4.40 Å². The standard InChI is InChI=1S/C21H20F3N3O/c1-4-15-10-18(25-8-7-21(22,23)24)20-26-11-19(27(20)12-15)16-5-6-17(13-28-3)14(2)9-16/h1,5-6,9-12,25H,7-8,13H2,2-3H3. The molecule has 0 saturated heterocycles. The van der Waals surface area contributed by atoms with Gasteiger partial charge in [0.15, 0.2) is 5.65 Å². The van der Waals surface area contributed by atoms with Crippen LogP contribution in [0.5, 0.6) is 0 Å². The number of nitrogens with one attached hydrogen (secondary N) is 1. The Bertz CT molecular complexity index is 1030. The van der Waals surface area contributed by atoms with Gasteiger partial charge in [0.05, 0.1) is 30.6 Å². The Morgan fingerprint density at radius 2 is 2.07 bits per heavy atom. The number of anilines is 1. The van der Waals surface area contributed by atoms with Gasteiger partial charge >= 0.3 is 6.18 Å². The maximum Gasteiger partial charge on any atom is 0.390 e. The summed E-state index contributed by atoms with van der Waals surface area (Å²) >= 11 is 0. The van der Waals surface area contributed by atoms with Crippen molar-refractivity contribution in [3.05, 3.63) is 53.3 Å². The van der Waals surface area contributed by atoms with Crippen molar-refractivity contribution in [1.29, 1.82) is 0 Å². The van der Waals surface area contributed by atoms with Crippen LogP contribution in [-0.4, -0.2) is 29.2 Å². The average molecular weight is 387 g/mol. The molecule has 0 aliphatic carbocycles. The van der Waals surface area contributed by atoms with Crippen LogP contribution in [0.25, 0.3) is 16.9 Å². The van der Waals surface area contributed by atoms with Crippen LogP contribution in [0, 0.1) is 19.3 Å². The Balaban J connectivity index is 2.00. The zero-order valence-electron chi connectivity index (χ0n) is 15.6. The van der Waals surface area contributed by atoms with E-state index in [-0.39, 0.29) is 6.54 Å². The minimum Gasteiger partial charge on any atom is -0.382 e. The third-order valence-electron chi connectivity index (χ3n) is 4.43. The second-order valence-corrected chi connectivity index (χ2v) is 6.49. The maximum atomic E-state index is 12.5. The Labute approximate surface area is 161 Å². The Kier molecular flexibility index (Phi) is 5.61. The molecule has 0 fully saturated rings. The lowest BCUT2D eigenvalue weighted by Gasteiger charge is -2.12. The topological polar surface area (TPSA) is 38.6 Å². The number of aryl methyl sites for hydroxylation is 1. The van der Waals surface area contributed by atoms with Gasteiger partial charge in [0.2, 0.25) is 0 Å². The summed E-state index contributed by atoms with van der Waals surface area (Å²) in [6.45, 7) is 2.27. The molecule has 28 heavy (non-hydrogen) atoms. The van der Waals surface area contributed by atoms with Gasteiger partial charge in [-0.05, 0) is 30.2 Å². The molecular formula is C21H20F3N3O. The monoisotopic (exact) mass is 387 g/mol. The lowest BCUT2D eigenvalue weighted by Crippen LogP contribution is -2.15. The fourth-order valence-corrected chi connectivity index (χ4v) is 3.02. The van der Waals surface area contributed by atoms with Crippen LogP contribution in [0.15, 0.2) is 36.7 Å². The van der Waals surface area contributed by atoms with Crippen LogP contribution in [0.3, 0.4) is 0 Å². The van der Waals surface area contributed by atoms with E-state index in [0.717, 1.165) is 22.4 Å². The number of fused-ring (bicyclic) bond motifs is 1. The maximum absolute atomic E-state index is 12.5. The summed E-state index contributed by atoms with van der Waals surface area (Å²) in [6.07, 6.45) is 3.82. The van der Waals surface area contributed by atoms with Gasteiger partial charge < -0.3 is 10.1 Å². The van der Waals surface area contributed by atoms with Crippen molar-refractivity contribution in [2.45, 2.75) is 26.1 Å². The first-order valence-electron chi connectivity index (χ1n) is 8.69. The molecule has 0 unspecified atom stereocenters. The van der Waals surface area contributed by atoms with E-state index in [1.54, 1.807) is 30.0 Å². The van der Waals surface area contributed by atoms with Crippen LogP contribution in [0.1, 0.15) is 23.1 Å². The van der Waals surface area contributed by atoms with Crippen LogP contribution in [0.4, 0.5) is 18.9 Å². The highest BCUT2D eigenvalue weighted by atomic mass is 19.4. The van der Waals surface area contributed by atoms with E-state index in [1.165, 1.54) is 0 Å². The fraction of sp³-hybridized carbons (Fsp3) is 0.286. The molecule has 1 N–H and O–H groups in total. The van der Waals surface area contributed by atoms with E-state index in [4.69, 9.17) is 11.2 Å². The van der Waals surface area contributed by atoms with E-state index < -0.39 is 12.6 Å². The van der Waals surface area contributed by atoms with Crippen molar-refractivity contribution in [1.82, 2.24) is 9.38 Å². The van der Waals surface area contributed by atoms with Crippen LogP contribution < -0.4 is 5.32 Å². The van der Waals surface area contributed by atoms with Crippen molar-refractivity contribution < 1.29 is 17.9 Å². The highest BCUT2D eigenvalue weighted by Gasteiger charge is 2.26. The van der Waals surface area contributed by atoms with Gasteiger partial charge in [-0.2, -0.15) is 13.2 Å². The number of hydrogen-bond acceptors (Lipinski definition) is 3. The van der Waals surface area contributed by atoms with Crippen LogP contribution in [0.2, 0.25) is 0 Å². The second kappa shape index (κ2) is 7.95. The molecule has 0 aliphatic rings. The van der Waals surface area contributed by atoms with Gasteiger partial charge in [0.25, 0.3) is 0 Å². The van der Waals surface area contributed by atoms with Gasteiger partial charge in [0, 0.05) is 31.0 Å². The zero-order chi connectivity index (χ0) is 20.3. The van der Waals surface area contributed by atoms with Crippen LogP contribution in [-0.2, 0) is 11.3 Å². The number of pyridine rings is 1. The molecule has 3 aromatic rings. The summed E-state index contributed by atoms with van der Waals surface area (Å²) in [5, 5.41) is 2.81. The molecule has 0 bridgehead atoms. The molecule has 4 nitrogen and oxygen atoms in total. The molecule has 3 rings (SSSR count). The highest BCUT2D eigenvalue weighted by molar-refractivity contribution is 5.75. The van der Waals surface area contributed by atoms with Crippen molar-refractivity contribution in [3.63, 3.8) is 0 Å². The van der Waals surface area contributed by atoms with Crippen molar-refractivity contribution in [2.75, 3.05) is 19.0 Å². The average Bonchev–Trinajstić information content (AvgIpc) is 3.06. The molecule has 0 amide bonds. The quantitative estimate of drug-likeness (QED) is 0.618. The number of terminal acetylenes is 1. The predicted molar refractivity (Wildman–Crippen MR) is 103 cm³/mol. The Morgan fingerprint density at radius 1 is 1.29 bits per heavy atom. The zero-order valence-corrected chi connectivity index (χ0v) is 15.6. The van der Waals surface area contributed by atoms with Gasteiger partial charge in [-0.1, -0.05) is 18.1 Å². The van der Waals surface area contributed by atoms with Crippen molar-refractivity contribution in [3.8, 4) is 23.6 Å².